The number of hydrogen-bond donors (Lipinski definition) is 1. The van der Waals surface area contributed by atoms with Crippen LogP contribution < -0.4 is 5.32 Å². The number of benzene rings is 2. The lowest BCUT2D eigenvalue weighted by molar-refractivity contribution is 0.311. The smallest absolute Gasteiger partial charge is 0.0233 e. The first-order valence-corrected chi connectivity index (χ1v) is 9.24. The lowest BCUT2D eigenvalue weighted by atomic mass is 9.89. The summed E-state index contributed by atoms with van der Waals surface area (Å²) in [5, 5.41) is 3.66. The number of likely N-dealkylation sites (tertiary alicyclic amines) is 1. The van der Waals surface area contributed by atoms with Gasteiger partial charge in [-0.25, -0.2) is 0 Å². The van der Waals surface area contributed by atoms with Crippen molar-refractivity contribution in [2.45, 2.75) is 32.9 Å². The fraction of sp³-hybridized carbons (Fsp3) is 0.455. The average Bonchev–Trinajstić information content (AvgIpc) is 2.96. The molecule has 0 saturated carbocycles. The second-order valence-corrected chi connectivity index (χ2v) is 7.45. The minimum atomic E-state index is 0.561. The Morgan fingerprint density at radius 2 is 1.46 bits per heavy atom. The molecular weight excluding hydrogens is 292 g/mol. The first-order valence-electron chi connectivity index (χ1n) is 9.24. The van der Waals surface area contributed by atoms with E-state index >= 15 is 0 Å². The van der Waals surface area contributed by atoms with Gasteiger partial charge in [0, 0.05) is 25.7 Å². The Morgan fingerprint density at radius 3 is 2.08 bits per heavy atom. The third-order valence-corrected chi connectivity index (χ3v) is 5.03. The van der Waals surface area contributed by atoms with Crippen LogP contribution in [0.4, 0.5) is 0 Å². The van der Waals surface area contributed by atoms with Gasteiger partial charge in [0.2, 0.25) is 0 Å². The van der Waals surface area contributed by atoms with Gasteiger partial charge in [-0.3, -0.25) is 4.90 Å². The summed E-state index contributed by atoms with van der Waals surface area (Å²) < 4.78 is 0. The normalized spacial score (nSPS) is 21.5. The lowest BCUT2D eigenvalue weighted by Gasteiger charge is -2.20. The molecule has 0 spiro atoms. The molecule has 0 bridgehead atoms. The third-order valence-electron chi connectivity index (χ3n) is 5.03. The van der Waals surface area contributed by atoms with Crippen LogP contribution in [0.25, 0.3) is 0 Å². The topological polar surface area (TPSA) is 15.3 Å². The van der Waals surface area contributed by atoms with E-state index in [4.69, 9.17) is 0 Å². The van der Waals surface area contributed by atoms with Crippen molar-refractivity contribution < 1.29 is 0 Å². The lowest BCUT2D eigenvalue weighted by Crippen LogP contribution is -2.33. The van der Waals surface area contributed by atoms with Crippen LogP contribution in [0.3, 0.4) is 0 Å². The molecule has 3 rings (SSSR count). The zero-order valence-corrected chi connectivity index (χ0v) is 15.0. The third kappa shape index (κ3) is 4.93. The van der Waals surface area contributed by atoms with Gasteiger partial charge in [-0.05, 0) is 35.9 Å². The predicted molar refractivity (Wildman–Crippen MR) is 102 cm³/mol. The molecule has 2 heteroatoms. The minimum absolute atomic E-state index is 0.561. The fourth-order valence-electron chi connectivity index (χ4n) is 3.77. The van der Waals surface area contributed by atoms with E-state index in [9.17, 15) is 0 Å². The van der Waals surface area contributed by atoms with Gasteiger partial charge in [0.15, 0.2) is 0 Å². The van der Waals surface area contributed by atoms with Gasteiger partial charge in [-0.2, -0.15) is 0 Å². The van der Waals surface area contributed by atoms with Crippen molar-refractivity contribution in [3.63, 3.8) is 0 Å². The molecule has 0 radical (unpaired) electrons. The van der Waals surface area contributed by atoms with Crippen molar-refractivity contribution in [2.75, 3.05) is 19.6 Å². The zero-order chi connectivity index (χ0) is 16.8. The molecule has 1 heterocycles. The summed E-state index contributed by atoms with van der Waals surface area (Å²) >= 11 is 0. The highest BCUT2D eigenvalue weighted by Crippen LogP contribution is 2.28. The van der Waals surface area contributed by atoms with Crippen LogP contribution >= 0.6 is 0 Å². The zero-order valence-electron chi connectivity index (χ0n) is 15.0. The first kappa shape index (κ1) is 17.2. The predicted octanol–water partition coefficient (Wildman–Crippen LogP) is 3.98. The Morgan fingerprint density at radius 1 is 0.875 bits per heavy atom. The highest BCUT2D eigenvalue weighted by atomic mass is 15.2. The summed E-state index contributed by atoms with van der Waals surface area (Å²) in [6, 6.07) is 22.4. The van der Waals surface area contributed by atoms with Crippen LogP contribution in [0.5, 0.6) is 0 Å². The maximum atomic E-state index is 3.66. The summed E-state index contributed by atoms with van der Waals surface area (Å²) in [6.07, 6.45) is 1.19. The van der Waals surface area contributed by atoms with E-state index in [1.54, 1.807) is 0 Å². The Labute approximate surface area is 146 Å². The molecule has 1 aliphatic heterocycles. The SMILES string of the molecule is CC(C)NCC1CN(Cc2ccccc2)CC1Cc1ccccc1. The van der Waals surface area contributed by atoms with Gasteiger partial charge in [-0.15, -0.1) is 0 Å². The molecule has 24 heavy (non-hydrogen) atoms. The minimum Gasteiger partial charge on any atom is -0.314 e. The van der Waals surface area contributed by atoms with Crippen molar-refractivity contribution in [1.29, 1.82) is 0 Å². The molecule has 2 aromatic rings. The molecule has 0 aliphatic carbocycles. The average molecular weight is 322 g/mol. The molecule has 2 aromatic carbocycles. The summed E-state index contributed by atoms with van der Waals surface area (Å²) in [6.45, 7) is 9.08. The largest absolute Gasteiger partial charge is 0.314 e. The standard InChI is InChI=1S/C22H30N2/c1-18(2)23-14-22-17-24(15-20-11-7-4-8-12-20)16-21(22)13-19-9-5-3-6-10-19/h3-12,18,21-23H,13-17H2,1-2H3. The monoisotopic (exact) mass is 322 g/mol. The summed E-state index contributed by atoms with van der Waals surface area (Å²) in [5.74, 6) is 1.47. The number of hydrogen-bond acceptors (Lipinski definition) is 2. The van der Waals surface area contributed by atoms with Crippen LogP contribution in [0.15, 0.2) is 60.7 Å². The van der Waals surface area contributed by atoms with Gasteiger partial charge in [0.25, 0.3) is 0 Å². The molecular formula is C22H30N2. The molecule has 0 aromatic heterocycles. The highest BCUT2D eigenvalue weighted by molar-refractivity contribution is 5.17. The molecule has 1 N–H and O–H groups in total. The molecule has 1 fully saturated rings. The number of nitrogens with one attached hydrogen (secondary N) is 1. The van der Waals surface area contributed by atoms with Gasteiger partial charge >= 0.3 is 0 Å². The van der Waals surface area contributed by atoms with Crippen LogP contribution in [-0.4, -0.2) is 30.6 Å². The van der Waals surface area contributed by atoms with Crippen molar-refractivity contribution in [3.05, 3.63) is 71.8 Å². The quantitative estimate of drug-likeness (QED) is 0.829. The highest BCUT2D eigenvalue weighted by Gasteiger charge is 2.32. The van der Waals surface area contributed by atoms with E-state index in [0.717, 1.165) is 24.9 Å². The van der Waals surface area contributed by atoms with Crippen molar-refractivity contribution >= 4 is 0 Å². The van der Waals surface area contributed by atoms with Gasteiger partial charge in [0.05, 0.1) is 0 Å². The van der Waals surface area contributed by atoms with Crippen LogP contribution in [0, 0.1) is 11.8 Å². The summed E-state index contributed by atoms with van der Waals surface area (Å²) in [7, 11) is 0. The summed E-state index contributed by atoms with van der Waals surface area (Å²) in [5.41, 5.74) is 2.90. The number of nitrogens with zero attached hydrogens (tertiary/aromatic N) is 1. The number of rotatable bonds is 7. The van der Waals surface area contributed by atoms with Crippen LogP contribution in [0.2, 0.25) is 0 Å². The maximum Gasteiger partial charge on any atom is 0.0233 e. The Bertz CT molecular complexity index is 594. The molecule has 2 unspecified atom stereocenters. The van der Waals surface area contributed by atoms with E-state index in [1.165, 1.54) is 30.6 Å². The maximum absolute atomic E-state index is 3.66. The molecule has 0 amide bonds. The van der Waals surface area contributed by atoms with Crippen LogP contribution in [0.1, 0.15) is 25.0 Å². The first-order chi connectivity index (χ1) is 11.7. The van der Waals surface area contributed by atoms with E-state index in [2.05, 4.69) is 84.7 Å². The summed E-state index contributed by atoms with van der Waals surface area (Å²) in [4.78, 5) is 2.63. The van der Waals surface area contributed by atoms with Gasteiger partial charge < -0.3 is 5.32 Å². The van der Waals surface area contributed by atoms with E-state index in [1.807, 2.05) is 0 Å². The molecule has 2 nitrogen and oxygen atoms in total. The van der Waals surface area contributed by atoms with Gasteiger partial charge in [0.1, 0.15) is 0 Å². The van der Waals surface area contributed by atoms with Crippen molar-refractivity contribution in [1.82, 2.24) is 10.2 Å². The second-order valence-electron chi connectivity index (χ2n) is 7.45. The van der Waals surface area contributed by atoms with E-state index in [-0.39, 0.29) is 0 Å². The molecule has 1 aliphatic rings. The van der Waals surface area contributed by atoms with Crippen molar-refractivity contribution in [2.24, 2.45) is 11.8 Å². The fourth-order valence-corrected chi connectivity index (χ4v) is 3.77. The van der Waals surface area contributed by atoms with E-state index < -0.39 is 0 Å². The molecule has 2 atom stereocenters. The molecule has 128 valence electrons. The Kier molecular flexibility index (Phi) is 6.06. The molecule has 1 saturated heterocycles. The van der Waals surface area contributed by atoms with Crippen LogP contribution in [-0.2, 0) is 13.0 Å². The Hall–Kier alpha value is -1.64. The van der Waals surface area contributed by atoms with E-state index in [0.29, 0.717) is 6.04 Å². The van der Waals surface area contributed by atoms with Crippen molar-refractivity contribution in [3.8, 4) is 0 Å². The van der Waals surface area contributed by atoms with Gasteiger partial charge in [-0.1, -0.05) is 74.5 Å². The second kappa shape index (κ2) is 8.46. The Balaban J connectivity index is 1.64.